The van der Waals surface area contributed by atoms with Gasteiger partial charge in [0.15, 0.2) is 46.0 Å². The fourth-order valence-corrected chi connectivity index (χ4v) is 14.2. The summed E-state index contributed by atoms with van der Waals surface area (Å²) >= 11 is 5.93. The highest BCUT2D eigenvalue weighted by Crippen LogP contribution is 2.66. The number of hydrogen-bond donors (Lipinski definition) is 1. The summed E-state index contributed by atoms with van der Waals surface area (Å²) < 4.78 is 51.0. The lowest BCUT2D eigenvalue weighted by Crippen LogP contribution is -2.33. The zero-order valence-electron chi connectivity index (χ0n) is 36.0. The topological polar surface area (TPSA) is 138 Å². The van der Waals surface area contributed by atoms with Crippen LogP contribution in [0.25, 0.3) is 45.8 Å². The lowest BCUT2D eigenvalue weighted by atomic mass is 9.73. The van der Waals surface area contributed by atoms with Crippen LogP contribution in [0.3, 0.4) is 0 Å². The molecule has 0 atom stereocenters. The summed E-state index contributed by atoms with van der Waals surface area (Å²) in [4.78, 5) is 20.6. The molecule has 65 heavy (non-hydrogen) atoms. The van der Waals surface area contributed by atoms with Gasteiger partial charge in [-0.25, -0.2) is 4.79 Å². The maximum Gasteiger partial charge on any atom is 0.346 e. The zero-order valence-corrected chi connectivity index (χ0v) is 39.2. The molecule has 334 valence electrons. The molecule has 0 aliphatic carbocycles. The molecule has 0 radical (unpaired) electrons. The third kappa shape index (κ3) is 6.97. The Morgan fingerprint density at radius 3 is 1.62 bits per heavy atom. The Morgan fingerprint density at radius 2 is 1.09 bits per heavy atom. The highest BCUT2D eigenvalue weighted by atomic mass is 32.1. The first kappa shape index (κ1) is 41.8. The van der Waals surface area contributed by atoms with E-state index in [2.05, 4.69) is 68.1 Å². The number of carbonyl (C=O) groups is 1. The van der Waals surface area contributed by atoms with Gasteiger partial charge in [0.25, 0.3) is 0 Å². The maximum absolute atomic E-state index is 11.8. The number of para-hydroxylation sites is 1. The molecule has 5 aliphatic heterocycles. The number of rotatable bonds is 11. The lowest BCUT2D eigenvalue weighted by molar-refractivity contribution is -0.132. The Kier molecular flexibility index (Phi) is 10.8. The van der Waals surface area contributed by atoms with Gasteiger partial charge in [-0.15, -0.1) is 45.3 Å². The third-order valence-electron chi connectivity index (χ3n) is 12.2. The smallest absolute Gasteiger partial charge is 0.346 e. The standard InChI is InChI=1S/C49H44N2O10S4/c1-4-5-6-9-14-51-30-11-8-7-10-28(30)49(2,3)29-23-26(12-13-31(29)51)41-35-36(57-18-17-56-35)44(63-41)45-39-40(61-22-21-60-39)47(65-45)46-38-37(58-19-20-59-38)43(64-46)42-34-33(54-15-16-55-34)32(62-42)24-27(25-50)48(52)53/h7-8,10-13,23-24H,4-6,9,14-22H2,1-3H3,(H,52,53)/b27-24+. The van der Waals surface area contributed by atoms with E-state index >= 15 is 0 Å². The van der Waals surface area contributed by atoms with E-state index in [0.717, 1.165) is 53.5 Å². The van der Waals surface area contributed by atoms with E-state index in [-0.39, 0.29) is 12.0 Å². The van der Waals surface area contributed by atoms with E-state index in [1.54, 1.807) is 28.7 Å². The minimum absolute atomic E-state index is 0.241. The average Bonchev–Trinajstić information content (AvgIpc) is 4.11. The van der Waals surface area contributed by atoms with Crippen LogP contribution in [0.5, 0.6) is 46.0 Å². The quantitative estimate of drug-likeness (QED) is 0.0751. The van der Waals surface area contributed by atoms with Crippen molar-refractivity contribution < 1.29 is 47.8 Å². The van der Waals surface area contributed by atoms with Crippen LogP contribution in [0.1, 0.15) is 62.5 Å². The SMILES string of the molecule is CCCCCCN1c2ccccc2C(C)(C)c2cc(-c3sc(-c4sc(-c5sc(-c6sc(/C=C(\C#N)C(=O)O)c7c6OCCO7)c6c5OCCO6)c5c4OCCO5)c4c3OCCO4)ccc21. The molecule has 11 rings (SSSR count). The molecule has 4 aromatic heterocycles. The van der Waals surface area contributed by atoms with Gasteiger partial charge < -0.3 is 47.9 Å². The summed E-state index contributed by atoms with van der Waals surface area (Å²) in [5.74, 6) is 3.34. The number of ether oxygens (including phenoxy) is 8. The molecule has 9 heterocycles. The number of thiophene rings is 4. The number of carboxylic acids is 1. The molecule has 0 saturated carbocycles. The van der Waals surface area contributed by atoms with Gasteiger partial charge in [-0.1, -0.05) is 64.3 Å². The van der Waals surface area contributed by atoms with Crippen LogP contribution in [0, 0.1) is 11.3 Å². The summed E-state index contributed by atoms with van der Waals surface area (Å²) in [7, 11) is 0. The van der Waals surface area contributed by atoms with Crippen molar-refractivity contribution in [3.63, 3.8) is 0 Å². The monoisotopic (exact) mass is 948 g/mol. The Labute approximate surface area is 391 Å². The Morgan fingerprint density at radius 1 is 0.631 bits per heavy atom. The van der Waals surface area contributed by atoms with Gasteiger partial charge in [0.1, 0.15) is 64.5 Å². The minimum Gasteiger partial charge on any atom is -0.485 e. The molecule has 0 unspecified atom stereocenters. The number of benzene rings is 2. The molecule has 2 aromatic carbocycles. The van der Waals surface area contributed by atoms with Crippen LogP contribution >= 0.6 is 45.3 Å². The van der Waals surface area contributed by atoms with Crippen molar-refractivity contribution in [2.45, 2.75) is 51.9 Å². The number of unbranched alkanes of at least 4 members (excludes halogenated alkanes) is 3. The number of nitriles is 1. The second-order valence-corrected chi connectivity index (χ2v) is 20.7. The number of hydrogen-bond acceptors (Lipinski definition) is 15. The van der Waals surface area contributed by atoms with Crippen LogP contribution in [0.4, 0.5) is 11.4 Å². The van der Waals surface area contributed by atoms with Crippen LogP contribution in [-0.2, 0) is 10.2 Å². The second kappa shape index (κ2) is 16.8. The maximum atomic E-state index is 11.8. The number of nitrogens with zero attached hydrogens (tertiary/aromatic N) is 2. The third-order valence-corrected chi connectivity index (χ3v) is 17.3. The molecule has 16 heteroatoms. The van der Waals surface area contributed by atoms with Crippen LogP contribution in [0.15, 0.2) is 48.0 Å². The molecule has 12 nitrogen and oxygen atoms in total. The number of aliphatic carboxylic acids is 1. The Bertz CT molecular complexity index is 2950. The molecule has 1 N–H and O–H groups in total. The number of fused-ring (bicyclic) bond motifs is 6. The van der Waals surface area contributed by atoms with Crippen LogP contribution in [0.2, 0.25) is 0 Å². The predicted octanol–water partition coefficient (Wildman–Crippen LogP) is 12.0. The Balaban J connectivity index is 1.03. The van der Waals surface area contributed by atoms with E-state index in [4.69, 9.17) is 37.9 Å². The van der Waals surface area contributed by atoms with E-state index in [1.807, 2.05) is 0 Å². The van der Waals surface area contributed by atoms with Crippen molar-refractivity contribution in [3.8, 4) is 91.8 Å². The molecule has 6 aromatic rings. The molecular weight excluding hydrogens is 905 g/mol. The molecular formula is C49H44N2O10S4. The average molecular weight is 949 g/mol. The van der Waals surface area contributed by atoms with Crippen molar-refractivity contribution in [3.05, 3.63) is 64.0 Å². The fourth-order valence-electron chi connectivity index (χ4n) is 9.14. The van der Waals surface area contributed by atoms with Crippen molar-refractivity contribution in [2.75, 3.05) is 64.3 Å². The summed E-state index contributed by atoms with van der Waals surface area (Å²) in [6.45, 7) is 10.7. The van der Waals surface area contributed by atoms with Gasteiger partial charge in [-0.05, 0) is 47.4 Å². The van der Waals surface area contributed by atoms with Gasteiger partial charge in [0.05, 0.1) is 39.0 Å². The van der Waals surface area contributed by atoms with E-state index < -0.39 is 11.5 Å². The molecule has 0 bridgehead atoms. The summed E-state index contributed by atoms with van der Waals surface area (Å²) in [5.41, 5.74) is 5.53. The highest BCUT2D eigenvalue weighted by Gasteiger charge is 2.40. The molecule has 0 saturated heterocycles. The second-order valence-electron chi connectivity index (χ2n) is 16.6. The fraction of sp³-hybridized carbons (Fsp3) is 0.347. The van der Waals surface area contributed by atoms with Crippen molar-refractivity contribution in [1.82, 2.24) is 0 Å². The van der Waals surface area contributed by atoms with E-state index in [1.165, 1.54) is 70.5 Å². The van der Waals surface area contributed by atoms with Crippen LogP contribution in [-0.4, -0.2) is 70.5 Å². The van der Waals surface area contributed by atoms with Gasteiger partial charge in [-0.2, -0.15) is 5.26 Å². The molecule has 5 aliphatic rings. The summed E-state index contributed by atoms with van der Waals surface area (Å²) in [5, 5.41) is 19.2. The first-order chi connectivity index (χ1) is 31.8. The van der Waals surface area contributed by atoms with Crippen molar-refractivity contribution in [2.24, 2.45) is 0 Å². The van der Waals surface area contributed by atoms with Gasteiger partial charge >= 0.3 is 5.97 Å². The van der Waals surface area contributed by atoms with Gasteiger partial charge in [-0.3, -0.25) is 0 Å². The minimum atomic E-state index is -1.32. The first-order valence-corrected chi connectivity index (χ1v) is 25.1. The van der Waals surface area contributed by atoms with E-state index in [9.17, 15) is 15.2 Å². The predicted molar refractivity (Wildman–Crippen MR) is 255 cm³/mol. The number of carboxylic acid groups (broad SMARTS) is 1. The molecule has 0 fully saturated rings. The van der Waals surface area contributed by atoms with Crippen molar-refractivity contribution >= 4 is 68.8 Å². The zero-order chi connectivity index (χ0) is 44.4. The molecule has 0 amide bonds. The van der Waals surface area contributed by atoms with Crippen LogP contribution < -0.4 is 42.8 Å². The summed E-state index contributed by atoms with van der Waals surface area (Å²) in [6.07, 6.45) is 6.08. The largest absolute Gasteiger partial charge is 0.485 e. The molecule has 0 spiro atoms. The van der Waals surface area contributed by atoms with E-state index in [0.29, 0.717) is 96.2 Å². The van der Waals surface area contributed by atoms with Gasteiger partial charge in [0.2, 0.25) is 0 Å². The van der Waals surface area contributed by atoms with Gasteiger partial charge in [0, 0.05) is 23.3 Å². The van der Waals surface area contributed by atoms with Crippen molar-refractivity contribution in [1.29, 1.82) is 5.26 Å². The number of anilines is 2. The first-order valence-electron chi connectivity index (χ1n) is 21.8. The summed E-state index contributed by atoms with van der Waals surface area (Å²) in [6, 6.07) is 17.5. The lowest BCUT2D eigenvalue weighted by Gasteiger charge is -2.42. The highest BCUT2D eigenvalue weighted by molar-refractivity contribution is 7.30. The normalized spacial score (nSPS) is 16.4. The Hall–Kier alpha value is -5.86.